The van der Waals surface area contributed by atoms with Crippen LogP contribution in [0.3, 0.4) is 0 Å². The first-order chi connectivity index (χ1) is 15.0. The van der Waals surface area contributed by atoms with Gasteiger partial charge in [-0.05, 0) is 70.4 Å². The summed E-state index contributed by atoms with van der Waals surface area (Å²) in [7, 11) is -3.91. The third-order valence-corrected chi connectivity index (χ3v) is 7.00. The van der Waals surface area contributed by atoms with E-state index in [0.717, 1.165) is 25.9 Å². The van der Waals surface area contributed by atoms with Crippen LogP contribution in [0.4, 0.5) is 5.69 Å². The Morgan fingerprint density at radius 2 is 1.94 bits per heavy atom. The second kappa shape index (κ2) is 10.2. The molecule has 1 aliphatic heterocycles. The molecule has 0 spiro atoms. The first-order valence-electron chi connectivity index (χ1n) is 10.5. The molecule has 1 aliphatic rings. The molecule has 3 rings (SSSR count). The van der Waals surface area contributed by atoms with Gasteiger partial charge in [-0.3, -0.25) is 4.79 Å². The Bertz CT molecular complexity index is 1060. The van der Waals surface area contributed by atoms with Gasteiger partial charge in [0.2, 0.25) is 10.0 Å². The smallest absolute Gasteiger partial charge is 0.255 e. The zero-order chi connectivity index (χ0) is 23.4. The number of halogens is 1. The summed E-state index contributed by atoms with van der Waals surface area (Å²) in [6.45, 7) is 6.31. The number of sulfonamides is 1. The highest BCUT2D eigenvalue weighted by molar-refractivity contribution is 7.89. The van der Waals surface area contributed by atoms with Gasteiger partial charge in [-0.2, -0.15) is 0 Å². The average molecular weight is 481 g/mol. The lowest BCUT2D eigenvalue weighted by Gasteiger charge is -2.23. The summed E-state index contributed by atoms with van der Waals surface area (Å²) >= 11 is 6.13. The zero-order valence-corrected chi connectivity index (χ0v) is 20.1. The van der Waals surface area contributed by atoms with Gasteiger partial charge in [-0.15, -0.1) is 0 Å². The molecule has 0 aliphatic carbocycles. The van der Waals surface area contributed by atoms with Crippen LogP contribution in [-0.4, -0.2) is 39.2 Å². The average Bonchev–Trinajstić information content (AvgIpc) is 2.72. The number of carbonyl (C=O) groups is 1. The highest BCUT2D eigenvalue weighted by Crippen LogP contribution is 2.28. The van der Waals surface area contributed by atoms with Crippen molar-refractivity contribution in [2.45, 2.75) is 56.6 Å². The van der Waals surface area contributed by atoms with Crippen LogP contribution in [0, 0.1) is 0 Å². The number of rotatable bonds is 7. The van der Waals surface area contributed by atoms with Crippen molar-refractivity contribution in [3.05, 3.63) is 53.1 Å². The predicted octanol–water partition coefficient (Wildman–Crippen LogP) is 4.62. The van der Waals surface area contributed by atoms with Crippen LogP contribution in [0.25, 0.3) is 0 Å². The van der Waals surface area contributed by atoms with E-state index in [4.69, 9.17) is 21.1 Å². The summed E-state index contributed by atoms with van der Waals surface area (Å²) in [4.78, 5) is 12.7. The summed E-state index contributed by atoms with van der Waals surface area (Å²) in [5, 5.41) is 2.83. The number of hydrogen-bond acceptors (Lipinski definition) is 5. The van der Waals surface area contributed by atoms with E-state index in [-0.39, 0.29) is 21.6 Å². The number of carbonyl (C=O) groups excluding carboxylic acids is 1. The Kier molecular flexibility index (Phi) is 7.82. The molecule has 1 heterocycles. The quantitative estimate of drug-likeness (QED) is 0.603. The van der Waals surface area contributed by atoms with Crippen LogP contribution in [-0.2, 0) is 14.8 Å². The van der Waals surface area contributed by atoms with E-state index in [2.05, 4.69) is 10.0 Å². The molecule has 1 unspecified atom stereocenters. The van der Waals surface area contributed by atoms with Crippen molar-refractivity contribution in [2.75, 3.05) is 18.5 Å². The monoisotopic (exact) mass is 480 g/mol. The molecule has 174 valence electrons. The molecule has 2 aromatic rings. The summed E-state index contributed by atoms with van der Waals surface area (Å²) in [6.07, 6.45) is 3.15. The van der Waals surface area contributed by atoms with Gasteiger partial charge in [-0.25, -0.2) is 13.1 Å². The molecule has 0 radical (unpaired) electrons. The van der Waals surface area contributed by atoms with Crippen LogP contribution in [0.15, 0.2) is 47.4 Å². The van der Waals surface area contributed by atoms with E-state index in [1.54, 1.807) is 39.0 Å². The summed E-state index contributed by atoms with van der Waals surface area (Å²) < 4.78 is 39.6. The number of para-hydroxylation sites is 2. The van der Waals surface area contributed by atoms with Crippen LogP contribution >= 0.6 is 11.6 Å². The Morgan fingerprint density at radius 3 is 2.62 bits per heavy atom. The molecular formula is C23H29ClN2O5S. The SMILES string of the molecule is CC(C)(C)NS(=O)(=O)c1cc(C(=O)Nc2ccccc2OCC2CCCCO2)ccc1Cl. The van der Waals surface area contributed by atoms with Crippen molar-refractivity contribution in [3.63, 3.8) is 0 Å². The molecule has 1 amide bonds. The molecule has 9 heteroatoms. The number of hydrogen-bond donors (Lipinski definition) is 2. The predicted molar refractivity (Wildman–Crippen MR) is 125 cm³/mol. The second-order valence-corrected chi connectivity index (χ2v) is 10.8. The number of ether oxygens (including phenoxy) is 2. The van der Waals surface area contributed by atoms with Crippen LogP contribution < -0.4 is 14.8 Å². The van der Waals surface area contributed by atoms with Crippen LogP contribution in [0.5, 0.6) is 5.75 Å². The van der Waals surface area contributed by atoms with E-state index >= 15 is 0 Å². The molecule has 0 aromatic heterocycles. The number of amides is 1. The van der Waals surface area contributed by atoms with E-state index < -0.39 is 21.5 Å². The van der Waals surface area contributed by atoms with Gasteiger partial charge in [0, 0.05) is 17.7 Å². The molecule has 2 aromatic carbocycles. The molecule has 0 bridgehead atoms. The second-order valence-electron chi connectivity index (χ2n) is 8.75. The van der Waals surface area contributed by atoms with Crippen molar-refractivity contribution in [1.82, 2.24) is 4.72 Å². The first kappa shape index (κ1) is 24.5. The maximum Gasteiger partial charge on any atom is 0.255 e. The van der Waals surface area contributed by atoms with Crippen molar-refractivity contribution < 1.29 is 22.7 Å². The number of nitrogens with one attached hydrogen (secondary N) is 2. The van der Waals surface area contributed by atoms with Crippen LogP contribution in [0.2, 0.25) is 5.02 Å². The highest BCUT2D eigenvalue weighted by Gasteiger charge is 2.25. The first-order valence-corrected chi connectivity index (χ1v) is 12.4. The van der Waals surface area contributed by atoms with E-state index in [9.17, 15) is 13.2 Å². The fourth-order valence-electron chi connectivity index (χ4n) is 3.32. The maximum absolute atomic E-state index is 12.9. The molecule has 1 fully saturated rings. The van der Waals surface area contributed by atoms with Crippen molar-refractivity contribution >= 4 is 33.2 Å². The fraction of sp³-hybridized carbons (Fsp3) is 0.435. The van der Waals surface area contributed by atoms with Gasteiger partial charge in [0.15, 0.2) is 0 Å². The maximum atomic E-state index is 12.9. The Labute approximate surface area is 194 Å². The molecular weight excluding hydrogens is 452 g/mol. The van der Waals surface area contributed by atoms with Crippen molar-refractivity contribution in [2.24, 2.45) is 0 Å². The Morgan fingerprint density at radius 1 is 1.19 bits per heavy atom. The van der Waals surface area contributed by atoms with Gasteiger partial charge in [0.25, 0.3) is 5.91 Å². The summed E-state index contributed by atoms with van der Waals surface area (Å²) in [6, 6.07) is 11.2. The minimum atomic E-state index is -3.91. The topological polar surface area (TPSA) is 93.7 Å². The lowest BCUT2D eigenvalue weighted by Crippen LogP contribution is -2.40. The van der Waals surface area contributed by atoms with Gasteiger partial charge in [-0.1, -0.05) is 23.7 Å². The van der Waals surface area contributed by atoms with E-state index in [1.807, 2.05) is 6.07 Å². The van der Waals surface area contributed by atoms with E-state index in [1.165, 1.54) is 18.2 Å². The highest BCUT2D eigenvalue weighted by atomic mass is 35.5. The molecule has 1 saturated heterocycles. The van der Waals surface area contributed by atoms with Gasteiger partial charge in [0.05, 0.1) is 16.8 Å². The minimum Gasteiger partial charge on any atom is -0.489 e. The van der Waals surface area contributed by atoms with Crippen molar-refractivity contribution in [3.8, 4) is 5.75 Å². The Balaban J connectivity index is 1.76. The summed E-state index contributed by atoms with van der Waals surface area (Å²) in [5.74, 6) is 0.0464. The third-order valence-electron chi connectivity index (χ3n) is 4.76. The fourth-order valence-corrected chi connectivity index (χ4v) is 5.27. The standard InChI is InChI=1S/C23H29ClN2O5S/c1-23(2,3)26-32(28,29)21-14-16(11-12-18(21)24)22(27)25-19-9-4-5-10-20(19)31-15-17-8-6-7-13-30-17/h4-5,9-12,14,17,26H,6-8,13,15H2,1-3H3,(H,25,27). The molecule has 7 nitrogen and oxygen atoms in total. The minimum absolute atomic E-state index is 0.0341. The lowest BCUT2D eigenvalue weighted by atomic mass is 10.1. The van der Waals surface area contributed by atoms with Gasteiger partial charge < -0.3 is 14.8 Å². The largest absolute Gasteiger partial charge is 0.489 e. The van der Waals surface area contributed by atoms with Gasteiger partial charge >= 0.3 is 0 Å². The molecule has 32 heavy (non-hydrogen) atoms. The molecule has 1 atom stereocenters. The van der Waals surface area contributed by atoms with E-state index in [0.29, 0.717) is 18.0 Å². The van der Waals surface area contributed by atoms with Gasteiger partial charge in [0.1, 0.15) is 17.3 Å². The summed E-state index contributed by atoms with van der Waals surface area (Å²) in [5.41, 5.74) is -0.0479. The zero-order valence-electron chi connectivity index (χ0n) is 18.5. The van der Waals surface area contributed by atoms with Crippen molar-refractivity contribution in [1.29, 1.82) is 0 Å². The third kappa shape index (κ3) is 6.68. The number of benzene rings is 2. The molecule has 0 saturated carbocycles. The van der Waals surface area contributed by atoms with Crippen LogP contribution in [0.1, 0.15) is 50.4 Å². The number of anilines is 1. The lowest BCUT2D eigenvalue weighted by molar-refractivity contribution is -0.0109. The Hall–Kier alpha value is -2.13. The normalized spacial score (nSPS) is 17.1. The molecule has 2 N–H and O–H groups in total.